The largest absolute Gasteiger partial charge is 0.391 e. The Morgan fingerprint density at radius 3 is 2.78 bits per heavy atom. The van der Waals surface area contributed by atoms with Crippen LogP contribution in [0.25, 0.3) is 0 Å². The van der Waals surface area contributed by atoms with Crippen LogP contribution in [0.1, 0.15) is 28.5 Å². The number of carbonyl (C=O) groups excluding carboxylic acids is 1. The first kappa shape index (κ1) is 15.8. The second-order valence-electron chi connectivity index (χ2n) is 5.39. The van der Waals surface area contributed by atoms with Gasteiger partial charge in [-0.05, 0) is 36.8 Å². The highest BCUT2D eigenvalue weighted by atomic mass is 35.5. The van der Waals surface area contributed by atoms with Crippen LogP contribution < -0.4 is 0 Å². The summed E-state index contributed by atoms with van der Waals surface area (Å²) in [5, 5.41) is 10.3. The third-order valence-corrected chi connectivity index (χ3v) is 4.03. The summed E-state index contributed by atoms with van der Waals surface area (Å²) in [4.78, 5) is 17.8. The Morgan fingerprint density at radius 1 is 1.30 bits per heavy atom. The van der Waals surface area contributed by atoms with Gasteiger partial charge in [0.2, 0.25) is 0 Å². The smallest absolute Gasteiger partial charge is 0.273 e. The average Bonchev–Trinajstić information content (AvgIpc) is 2.91. The van der Waals surface area contributed by atoms with Crippen molar-refractivity contribution in [1.29, 1.82) is 0 Å². The molecule has 1 aromatic heterocycles. The van der Waals surface area contributed by atoms with Gasteiger partial charge < -0.3 is 10.0 Å². The quantitative estimate of drug-likeness (QED) is 0.916. The van der Waals surface area contributed by atoms with Crippen LogP contribution in [0.2, 0.25) is 5.02 Å². The highest BCUT2D eigenvalue weighted by Crippen LogP contribution is 2.35. The molecule has 0 spiro atoms. The van der Waals surface area contributed by atoms with E-state index in [0.29, 0.717) is 5.02 Å². The van der Waals surface area contributed by atoms with Crippen LogP contribution in [-0.4, -0.2) is 33.5 Å². The van der Waals surface area contributed by atoms with Crippen molar-refractivity contribution in [3.63, 3.8) is 0 Å². The Balaban J connectivity index is 1.95. The van der Waals surface area contributed by atoms with Gasteiger partial charge >= 0.3 is 0 Å². The van der Waals surface area contributed by atoms with Crippen molar-refractivity contribution in [3.8, 4) is 0 Å². The lowest BCUT2D eigenvalue weighted by Gasteiger charge is -2.24. The predicted octanol–water partition coefficient (Wildman–Crippen LogP) is 2.96. The molecular formula is C16H13ClF2N2O2. The Hall–Kier alpha value is -2.05. The van der Waals surface area contributed by atoms with Gasteiger partial charge in [0, 0.05) is 18.3 Å². The van der Waals surface area contributed by atoms with Gasteiger partial charge in [0.25, 0.3) is 5.91 Å². The fraction of sp³-hybridized carbons (Fsp3) is 0.250. The molecule has 0 saturated carbocycles. The van der Waals surface area contributed by atoms with E-state index in [1.165, 1.54) is 23.2 Å². The lowest BCUT2D eigenvalue weighted by atomic mass is 10.0. The van der Waals surface area contributed by atoms with E-state index >= 15 is 0 Å². The molecule has 0 aliphatic carbocycles. The highest BCUT2D eigenvalue weighted by molar-refractivity contribution is 6.30. The number of aliphatic hydroxyl groups excluding tert-OH is 1. The molecule has 3 rings (SSSR count). The Labute approximate surface area is 136 Å². The zero-order valence-corrected chi connectivity index (χ0v) is 12.7. The monoisotopic (exact) mass is 338 g/mol. The normalized spacial score (nSPS) is 20.8. The van der Waals surface area contributed by atoms with Crippen molar-refractivity contribution in [2.45, 2.75) is 18.6 Å². The molecule has 1 amide bonds. The molecule has 1 saturated heterocycles. The van der Waals surface area contributed by atoms with Crippen LogP contribution in [0.3, 0.4) is 0 Å². The van der Waals surface area contributed by atoms with Gasteiger partial charge in [-0.15, -0.1) is 0 Å². The van der Waals surface area contributed by atoms with Gasteiger partial charge in [-0.1, -0.05) is 11.6 Å². The van der Waals surface area contributed by atoms with E-state index in [9.17, 15) is 18.7 Å². The number of rotatable bonds is 2. The van der Waals surface area contributed by atoms with Crippen molar-refractivity contribution in [2.24, 2.45) is 0 Å². The summed E-state index contributed by atoms with van der Waals surface area (Å²) in [5.41, 5.74) is 0.175. The third kappa shape index (κ3) is 3.18. The number of amides is 1. The van der Waals surface area contributed by atoms with Gasteiger partial charge in [-0.25, -0.2) is 13.8 Å². The Bertz CT molecular complexity index is 739. The number of hydrogen-bond acceptors (Lipinski definition) is 3. The summed E-state index contributed by atoms with van der Waals surface area (Å²) in [5.74, 6) is -1.68. The number of halogens is 3. The minimum atomic E-state index is -0.807. The summed E-state index contributed by atoms with van der Waals surface area (Å²) in [6.07, 6.45) is 0.664. The lowest BCUT2D eigenvalue weighted by Crippen LogP contribution is -2.32. The third-order valence-electron chi connectivity index (χ3n) is 3.80. The van der Waals surface area contributed by atoms with E-state index in [4.69, 9.17) is 11.6 Å². The maximum absolute atomic E-state index is 14.0. The number of aliphatic hydroxyl groups is 1. The van der Waals surface area contributed by atoms with Crippen molar-refractivity contribution in [2.75, 3.05) is 6.54 Å². The summed E-state index contributed by atoms with van der Waals surface area (Å²) in [7, 11) is 0. The molecule has 7 heteroatoms. The minimum absolute atomic E-state index is 0.0315. The van der Waals surface area contributed by atoms with Crippen LogP contribution in [0.5, 0.6) is 0 Å². The van der Waals surface area contributed by atoms with Crippen molar-refractivity contribution >= 4 is 17.5 Å². The van der Waals surface area contributed by atoms with Gasteiger partial charge in [0.05, 0.1) is 17.2 Å². The van der Waals surface area contributed by atoms with E-state index in [1.54, 1.807) is 0 Å². The maximum atomic E-state index is 14.0. The Morgan fingerprint density at radius 2 is 2.09 bits per heavy atom. The molecule has 1 aromatic carbocycles. The number of likely N-dealkylation sites (tertiary alicyclic amines) is 1. The molecular weight excluding hydrogens is 326 g/mol. The van der Waals surface area contributed by atoms with E-state index in [2.05, 4.69) is 4.98 Å². The van der Waals surface area contributed by atoms with Gasteiger partial charge in [-0.2, -0.15) is 0 Å². The number of β-amino-alcohol motifs (C(OH)–C–C–N with tert-alkyl or cyclic N) is 1. The SMILES string of the molecule is O=C(c1ccc(Cl)cn1)N1C[C@@H](O)C[C@H]1c1cc(F)ccc1F. The van der Waals surface area contributed by atoms with Crippen LogP contribution in [0.4, 0.5) is 8.78 Å². The summed E-state index contributed by atoms with van der Waals surface area (Å²) in [6, 6.07) is 5.30. The number of hydrogen-bond donors (Lipinski definition) is 1. The zero-order valence-electron chi connectivity index (χ0n) is 11.9. The lowest BCUT2D eigenvalue weighted by molar-refractivity contribution is 0.0708. The first-order chi connectivity index (χ1) is 11.0. The fourth-order valence-electron chi connectivity index (χ4n) is 2.75. The molecule has 120 valence electrons. The maximum Gasteiger partial charge on any atom is 0.273 e. The van der Waals surface area contributed by atoms with E-state index < -0.39 is 29.7 Å². The number of nitrogens with zero attached hydrogens (tertiary/aromatic N) is 2. The molecule has 0 bridgehead atoms. The standard InChI is InChI=1S/C16H13ClF2N2O2/c17-9-1-4-14(20-7-9)16(23)21-8-11(22)6-15(21)12-5-10(18)2-3-13(12)19/h1-5,7,11,15,22H,6,8H2/t11-,15-/m0/s1. The van der Waals surface area contributed by atoms with Crippen molar-refractivity contribution in [1.82, 2.24) is 9.88 Å². The van der Waals surface area contributed by atoms with Crippen molar-refractivity contribution < 1.29 is 18.7 Å². The van der Waals surface area contributed by atoms with Crippen LogP contribution in [0, 0.1) is 11.6 Å². The molecule has 4 nitrogen and oxygen atoms in total. The second-order valence-corrected chi connectivity index (χ2v) is 5.83. The fourth-order valence-corrected chi connectivity index (χ4v) is 2.86. The van der Waals surface area contributed by atoms with Crippen LogP contribution >= 0.6 is 11.6 Å². The zero-order chi connectivity index (χ0) is 16.6. The summed E-state index contributed by atoms with van der Waals surface area (Å²) in [6.45, 7) is 0.0315. The number of pyridine rings is 1. The number of carbonyl (C=O) groups is 1. The Kier molecular flexibility index (Phi) is 4.28. The predicted molar refractivity (Wildman–Crippen MR) is 80.0 cm³/mol. The molecule has 1 fully saturated rings. The summed E-state index contributed by atoms with van der Waals surface area (Å²) >= 11 is 5.74. The molecule has 2 atom stereocenters. The number of aromatic nitrogens is 1. The van der Waals surface area contributed by atoms with Crippen LogP contribution in [0.15, 0.2) is 36.5 Å². The molecule has 0 radical (unpaired) electrons. The molecule has 1 N–H and O–H groups in total. The van der Waals surface area contributed by atoms with Crippen molar-refractivity contribution in [3.05, 3.63) is 64.4 Å². The van der Waals surface area contributed by atoms with E-state index in [0.717, 1.165) is 18.2 Å². The topological polar surface area (TPSA) is 53.4 Å². The molecule has 2 heterocycles. The first-order valence-electron chi connectivity index (χ1n) is 7.01. The van der Waals surface area contributed by atoms with Gasteiger partial charge in [0.15, 0.2) is 0 Å². The number of benzene rings is 1. The van der Waals surface area contributed by atoms with E-state index in [-0.39, 0.29) is 24.2 Å². The average molecular weight is 339 g/mol. The molecule has 23 heavy (non-hydrogen) atoms. The molecule has 1 aliphatic heterocycles. The van der Waals surface area contributed by atoms with Gasteiger partial charge in [-0.3, -0.25) is 4.79 Å². The molecule has 1 aliphatic rings. The second kappa shape index (κ2) is 6.22. The van der Waals surface area contributed by atoms with Crippen LogP contribution in [-0.2, 0) is 0 Å². The summed E-state index contributed by atoms with van der Waals surface area (Å²) < 4.78 is 27.5. The van der Waals surface area contributed by atoms with E-state index in [1.807, 2.05) is 0 Å². The molecule has 2 aromatic rings. The minimum Gasteiger partial charge on any atom is -0.391 e. The first-order valence-corrected chi connectivity index (χ1v) is 7.39. The van der Waals surface area contributed by atoms with Gasteiger partial charge in [0.1, 0.15) is 17.3 Å². The molecule has 0 unspecified atom stereocenters. The highest BCUT2D eigenvalue weighted by Gasteiger charge is 2.37.